The second-order valence-electron chi connectivity index (χ2n) is 6.67. The summed E-state index contributed by atoms with van der Waals surface area (Å²) in [5.74, 6) is -1.29. The Balaban J connectivity index is 1.99. The van der Waals surface area contributed by atoms with Gasteiger partial charge in [0, 0.05) is 11.9 Å². The number of nitrogens with one attached hydrogen (secondary N) is 1. The van der Waals surface area contributed by atoms with Gasteiger partial charge in [-0.3, -0.25) is 4.79 Å². The van der Waals surface area contributed by atoms with Gasteiger partial charge < -0.3 is 10.1 Å². The minimum atomic E-state index is -3.21. The van der Waals surface area contributed by atoms with Gasteiger partial charge in [-0.05, 0) is 49.6 Å². The fourth-order valence-corrected chi connectivity index (χ4v) is 3.64. The van der Waals surface area contributed by atoms with Gasteiger partial charge in [-0.15, -0.1) is 0 Å². The van der Waals surface area contributed by atoms with E-state index >= 15 is 0 Å². The molecule has 0 aliphatic heterocycles. The molecule has 6 nitrogen and oxygen atoms in total. The highest BCUT2D eigenvalue weighted by Crippen LogP contribution is 2.21. The van der Waals surface area contributed by atoms with Crippen LogP contribution in [-0.2, 0) is 25.1 Å². The summed E-state index contributed by atoms with van der Waals surface area (Å²) in [5, 5.41) is 2.76. The standard InChI is InChI=1S/C20H23NO5S/c1-13-8-14(2)19(15(3)9-13)21-18(22)11-26-20(23)17-7-5-6-16(10-17)12-27(4,24)25/h5-10H,11-12H2,1-4H3,(H,21,22). The number of esters is 1. The highest BCUT2D eigenvalue weighted by molar-refractivity contribution is 7.89. The highest BCUT2D eigenvalue weighted by atomic mass is 32.2. The Labute approximate surface area is 159 Å². The molecule has 0 fully saturated rings. The van der Waals surface area contributed by atoms with E-state index in [4.69, 9.17) is 4.74 Å². The van der Waals surface area contributed by atoms with Gasteiger partial charge >= 0.3 is 5.97 Å². The molecule has 0 spiro atoms. The third-order valence-corrected chi connectivity index (χ3v) is 4.73. The van der Waals surface area contributed by atoms with Crippen molar-refractivity contribution < 1.29 is 22.7 Å². The van der Waals surface area contributed by atoms with Gasteiger partial charge in [0.25, 0.3) is 5.91 Å². The summed E-state index contributed by atoms with van der Waals surface area (Å²) in [6.45, 7) is 5.34. The average Bonchev–Trinajstić information content (AvgIpc) is 2.54. The highest BCUT2D eigenvalue weighted by Gasteiger charge is 2.14. The molecule has 0 bridgehead atoms. The number of rotatable bonds is 6. The number of hydrogen-bond donors (Lipinski definition) is 1. The normalized spacial score (nSPS) is 11.1. The first-order valence-electron chi connectivity index (χ1n) is 8.36. The van der Waals surface area contributed by atoms with Crippen LogP contribution in [-0.4, -0.2) is 33.2 Å². The lowest BCUT2D eigenvalue weighted by molar-refractivity contribution is -0.119. The molecular weight excluding hydrogens is 366 g/mol. The van der Waals surface area contributed by atoms with Crippen LogP contribution in [0.15, 0.2) is 36.4 Å². The Kier molecular flexibility index (Phi) is 6.38. The van der Waals surface area contributed by atoms with E-state index in [-0.39, 0.29) is 11.3 Å². The Morgan fingerprint density at radius 2 is 1.67 bits per heavy atom. The molecule has 7 heteroatoms. The smallest absolute Gasteiger partial charge is 0.338 e. The maximum atomic E-state index is 12.1. The van der Waals surface area contributed by atoms with E-state index < -0.39 is 28.3 Å². The number of ether oxygens (including phenoxy) is 1. The zero-order valence-electron chi connectivity index (χ0n) is 15.8. The molecule has 0 radical (unpaired) electrons. The van der Waals surface area contributed by atoms with Gasteiger partial charge in [-0.25, -0.2) is 13.2 Å². The molecule has 0 aliphatic carbocycles. The fraction of sp³-hybridized carbons (Fsp3) is 0.300. The average molecular weight is 389 g/mol. The van der Waals surface area contributed by atoms with Gasteiger partial charge in [0.1, 0.15) is 0 Å². The van der Waals surface area contributed by atoms with E-state index in [1.165, 1.54) is 12.1 Å². The molecule has 2 aromatic rings. The SMILES string of the molecule is Cc1cc(C)c(NC(=O)COC(=O)c2cccc(CS(C)(=O)=O)c2)c(C)c1. The van der Waals surface area contributed by atoms with Crippen LogP contribution in [0.4, 0.5) is 5.69 Å². The molecule has 144 valence electrons. The third-order valence-electron chi connectivity index (χ3n) is 3.87. The van der Waals surface area contributed by atoms with Crippen molar-refractivity contribution in [1.82, 2.24) is 0 Å². The minimum absolute atomic E-state index is 0.166. The summed E-state index contributed by atoms with van der Waals surface area (Å²) in [6, 6.07) is 10.1. The predicted octanol–water partition coefficient (Wildman–Crippen LogP) is 2.95. The van der Waals surface area contributed by atoms with E-state index in [1.54, 1.807) is 12.1 Å². The lowest BCUT2D eigenvalue weighted by atomic mass is 10.1. The van der Waals surface area contributed by atoms with E-state index in [0.717, 1.165) is 22.9 Å². The zero-order valence-corrected chi connectivity index (χ0v) is 16.6. The van der Waals surface area contributed by atoms with Crippen molar-refractivity contribution in [2.75, 3.05) is 18.2 Å². The topological polar surface area (TPSA) is 89.5 Å². The van der Waals surface area contributed by atoms with Crippen molar-refractivity contribution in [3.63, 3.8) is 0 Å². The van der Waals surface area contributed by atoms with Crippen molar-refractivity contribution in [2.45, 2.75) is 26.5 Å². The number of anilines is 1. The Morgan fingerprint density at radius 3 is 2.26 bits per heavy atom. The quantitative estimate of drug-likeness (QED) is 0.767. The number of benzene rings is 2. The lowest BCUT2D eigenvalue weighted by Gasteiger charge is -2.13. The number of aryl methyl sites for hydroxylation is 3. The summed E-state index contributed by atoms with van der Waals surface area (Å²) < 4.78 is 27.8. The summed E-state index contributed by atoms with van der Waals surface area (Å²) >= 11 is 0. The molecule has 2 aromatic carbocycles. The fourth-order valence-electron chi connectivity index (χ4n) is 2.86. The van der Waals surface area contributed by atoms with Crippen LogP contribution in [0.1, 0.15) is 32.6 Å². The van der Waals surface area contributed by atoms with Crippen LogP contribution < -0.4 is 5.32 Å². The van der Waals surface area contributed by atoms with Crippen LogP contribution in [0.5, 0.6) is 0 Å². The minimum Gasteiger partial charge on any atom is -0.452 e. The molecule has 0 aromatic heterocycles. The first-order chi connectivity index (χ1) is 12.5. The van der Waals surface area contributed by atoms with Gasteiger partial charge in [0.2, 0.25) is 0 Å². The van der Waals surface area contributed by atoms with Crippen LogP contribution in [0.25, 0.3) is 0 Å². The largest absolute Gasteiger partial charge is 0.452 e. The van der Waals surface area contributed by atoms with E-state index in [1.807, 2.05) is 32.9 Å². The summed E-state index contributed by atoms with van der Waals surface area (Å²) in [7, 11) is -3.21. The van der Waals surface area contributed by atoms with Crippen LogP contribution in [0.2, 0.25) is 0 Å². The van der Waals surface area contributed by atoms with Gasteiger partial charge in [-0.2, -0.15) is 0 Å². The van der Waals surface area contributed by atoms with E-state index in [2.05, 4.69) is 5.32 Å². The second kappa shape index (κ2) is 8.35. The maximum Gasteiger partial charge on any atom is 0.338 e. The number of carbonyl (C=O) groups is 2. The zero-order chi connectivity index (χ0) is 20.2. The number of sulfone groups is 1. The Hall–Kier alpha value is -2.67. The molecule has 0 unspecified atom stereocenters. The first-order valence-corrected chi connectivity index (χ1v) is 10.4. The van der Waals surface area contributed by atoms with Gasteiger partial charge in [0.05, 0.1) is 11.3 Å². The van der Waals surface area contributed by atoms with Crippen molar-refractivity contribution in [1.29, 1.82) is 0 Å². The van der Waals surface area contributed by atoms with Crippen molar-refractivity contribution >= 4 is 27.4 Å². The molecule has 0 heterocycles. The maximum absolute atomic E-state index is 12.1. The molecule has 0 atom stereocenters. The van der Waals surface area contributed by atoms with Gasteiger partial charge in [-0.1, -0.05) is 29.8 Å². The van der Waals surface area contributed by atoms with Gasteiger partial charge in [0.15, 0.2) is 16.4 Å². The number of amides is 1. The lowest BCUT2D eigenvalue weighted by Crippen LogP contribution is -2.22. The molecule has 1 amide bonds. The predicted molar refractivity (Wildman–Crippen MR) is 105 cm³/mol. The Bertz CT molecular complexity index is 957. The number of hydrogen-bond acceptors (Lipinski definition) is 5. The molecule has 1 N–H and O–H groups in total. The Morgan fingerprint density at radius 1 is 1.04 bits per heavy atom. The third kappa shape index (κ3) is 6.21. The molecule has 0 saturated carbocycles. The molecule has 0 aliphatic rings. The molecule has 0 saturated heterocycles. The van der Waals surface area contributed by atoms with E-state index in [9.17, 15) is 18.0 Å². The monoisotopic (exact) mass is 389 g/mol. The molecule has 27 heavy (non-hydrogen) atoms. The van der Waals surface area contributed by atoms with Crippen LogP contribution in [0, 0.1) is 20.8 Å². The van der Waals surface area contributed by atoms with Crippen LogP contribution in [0.3, 0.4) is 0 Å². The van der Waals surface area contributed by atoms with E-state index in [0.29, 0.717) is 11.3 Å². The number of carbonyl (C=O) groups excluding carboxylic acids is 2. The summed E-state index contributed by atoms with van der Waals surface area (Å²) in [5.41, 5.74) is 4.36. The molecular formula is C20H23NO5S. The van der Waals surface area contributed by atoms with Crippen LogP contribution >= 0.6 is 0 Å². The first kappa shape index (κ1) is 20.6. The molecule has 2 rings (SSSR count). The van der Waals surface area contributed by atoms with Crippen molar-refractivity contribution in [3.8, 4) is 0 Å². The van der Waals surface area contributed by atoms with Crippen molar-refractivity contribution in [2.24, 2.45) is 0 Å². The van der Waals surface area contributed by atoms with Crippen molar-refractivity contribution in [3.05, 3.63) is 64.2 Å². The second-order valence-corrected chi connectivity index (χ2v) is 8.81. The summed E-state index contributed by atoms with van der Waals surface area (Å²) in [4.78, 5) is 24.3. The summed E-state index contributed by atoms with van der Waals surface area (Å²) in [6.07, 6.45) is 1.12.